The van der Waals surface area contributed by atoms with Crippen molar-refractivity contribution >= 4 is 7.82 Å². The number of hydrogen-bond donors (Lipinski definition) is 2. The predicted octanol–water partition coefficient (Wildman–Crippen LogP) is 1.28. The molecule has 0 fully saturated rings. The molecule has 0 rings (SSSR count). The zero-order valence-electron chi connectivity index (χ0n) is 10.3. The van der Waals surface area contributed by atoms with Crippen molar-refractivity contribution < 1.29 is 23.2 Å². The molecule has 0 saturated heterocycles. The highest BCUT2D eigenvalue weighted by Gasteiger charge is 2.27. The van der Waals surface area contributed by atoms with E-state index in [1.807, 2.05) is 13.8 Å². The monoisotopic (exact) mass is 255 g/mol. The Labute approximate surface area is 96.7 Å². The molecule has 0 aliphatic heterocycles. The van der Waals surface area contributed by atoms with E-state index in [2.05, 4.69) is 0 Å². The summed E-state index contributed by atoms with van der Waals surface area (Å²) in [5.41, 5.74) is 5.40. The second-order valence-electron chi connectivity index (χ2n) is 3.97. The second-order valence-corrected chi connectivity index (χ2v) is 5.33. The zero-order chi connectivity index (χ0) is 12.8. The van der Waals surface area contributed by atoms with Crippen LogP contribution in [0.15, 0.2) is 0 Å². The summed E-state index contributed by atoms with van der Waals surface area (Å²) in [5.74, 6) is 0. The summed E-state index contributed by atoms with van der Waals surface area (Å²) in [6, 6.07) is 0. The maximum Gasteiger partial charge on any atom is 0.472 e. The Morgan fingerprint density at radius 1 is 1.19 bits per heavy atom. The molecule has 0 spiro atoms. The van der Waals surface area contributed by atoms with Gasteiger partial charge in [-0.3, -0.25) is 9.05 Å². The number of phosphoric ester groups is 1. The van der Waals surface area contributed by atoms with Crippen molar-refractivity contribution in [2.45, 2.75) is 46.0 Å². The topological polar surface area (TPSA) is 91.0 Å². The van der Waals surface area contributed by atoms with Gasteiger partial charge >= 0.3 is 7.82 Å². The molecule has 0 aliphatic carbocycles. The van der Waals surface area contributed by atoms with Crippen LogP contribution < -0.4 is 5.73 Å². The molecule has 2 atom stereocenters. The predicted molar refractivity (Wildman–Crippen MR) is 61.1 cm³/mol. The largest absolute Gasteiger partial charge is 0.472 e. The van der Waals surface area contributed by atoms with E-state index >= 15 is 0 Å². The molecule has 0 bridgehead atoms. The third-order valence-electron chi connectivity index (χ3n) is 1.50. The molecule has 98 valence electrons. The van der Waals surface area contributed by atoms with Crippen LogP contribution >= 0.6 is 7.82 Å². The maximum atomic E-state index is 11.4. The Morgan fingerprint density at radius 3 is 2.12 bits per heavy atom. The lowest BCUT2D eigenvalue weighted by atomic mass is 10.4. The van der Waals surface area contributed by atoms with Crippen molar-refractivity contribution in [3.8, 4) is 0 Å². The standard InChI is InChI=1S/C9H22NO5P/c1-7(2)13-6-9(5-10)15-16(11,12)14-8(3)4/h7-9H,5-6,10H2,1-4H3,(H,11,12). The van der Waals surface area contributed by atoms with Crippen LogP contribution in [-0.4, -0.2) is 36.4 Å². The van der Waals surface area contributed by atoms with Crippen LogP contribution in [0.3, 0.4) is 0 Å². The first-order valence-electron chi connectivity index (χ1n) is 5.28. The van der Waals surface area contributed by atoms with Gasteiger partial charge in [0.2, 0.25) is 0 Å². The molecule has 16 heavy (non-hydrogen) atoms. The summed E-state index contributed by atoms with van der Waals surface area (Å²) in [5, 5.41) is 0. The maximum absolute atomic E-state index is 11.4. The first-order chi connectivity index (χ1) is 7.26. The van der Waals surface area contributed by atoms with Gasteiger partial charge in [0.25, 0.3) is 0 Å². The van der Waals surface area contributed by atoms with E-state index in [1.165, 1.54) is 0 Å². The molecule has 2 unspecified atom stereocenters. The van der Waals surface area contributed by atoms with Crippen LogP contribution in [0.1, 0.15) is 27.7 Å². The van der Waals surface area contributed by atoms with Gasteiger partial charge in [-0.2, -0.15) is 0 Å². The molecular weight excluding hydrogens is 233 g/mol. The van der Waals surface area contributed by atoms with Crippen LogP contribution in [0.25, 0.3) is 0 Å². The van der Waals surface area contributed by atoms with Crippen LogP contribution in [0.5, 0.6) is 0 Å². The fourth-order valence-corrected chi connectivity index (χ4v) is 2.03. The zero-order valence-corrected chi connectivity index (χ0v) is 11.1. The summed E-state index contributed by atoms with van der Waals surface area (Å²) < 4.78 is 26.3. The number of phosphoric acid groups is 1. The Bertz CT molecular complexity index is 234. The van der Waals surface area contributed by atoms with E-state index in [0.717, 1.165) is 0 Å². The molecule has 0 aliphatic rings. The average molecular weight is 255 g/mol. The third kappa shape index (κ3) is 8.21. The molecule has 0 aromatic rings. The number of nitrogens with two attached hydrogens (primary N) is 1. The molecule has 7 heteroatoms. The summed E-state index contributed by atoms with van der Waals surface area (Å²) in [4.78, 5) is 9.35. The molecule has 0 saturated carbocycles. The van der Waals surface area contributed by atoms with Crippen molar-refractivity contribution in [2.75, 3.05) is 13.2 Å². The number of hydrogen-bond acceptors (Lipinski definition) is 5. The first kappa shape index (κ1) is 16.0. The summed E-state index contributed by atoms with van der Waals surface area (Å²) in [6.45, 7) is 7.27. The van der Waals surface area contributed by atoms with Crippen LogP contribution in [-0.2, 0) is 18.3 Å². The minimum absolute atomic E-state index is 0.0155. The van der Waals surface area contributed by atoms with Crippen molar-refractivity contribution in [2.24, 2.45) is 5.73 Å². The van der Waals surface area contributed by atoms with Gasteiger partial charge in [0.15, 0.2) is 0 Å². The van der Waals surface area contributed by atoms with Gasteiger partial charge in [-0.25, -0.2) is 4.57 Å². The molecule has 0 heterocycles. The highest BCUT2D eigenvalue weighted by molar-refractivity contribution is 7.47. The summed E-state index contributed by atoms with van der Waals surface area (Å²) >= 11 is 0. The molecule has 0 amide bonds. The van der Waals surface area contributed by atoms with E-state index in [1.54, 1.807) is 13.8 Å². The minimum atomic E-state index is -4.04. The van der Waals surface area contributed by atoms with Gasteiger partial charge in [-0.05, 0) is 27.7 Å². The normalized spacial score (nSPS) is 17.8. The molecule has 0 aromatic carbocycles. The highest BCUT2D eigenvalue weighted by Crippen LogP contribution is 2.45. The van der Waals surface area contributed by atoms with Crippen LogP contribution in [0.2, 0.25) is 0 Å². The van der Waals surface area contributed by atoms with Crippen molar-refractivity contribution in [1.82, 2.24) is 0 Å². The Kier molecular flexibility index (Phi) is 7.39. The van der Waals surface area contributed by atoms with Crippen molar-refractivity contribution in [1.29, 1.82) is 0 Å². The smallest absolute Gasteiger partial charge is 0.376 e. The Balaban J connectivity index is 4.14. The minimum Gasteiger partial charge on any atom is -0.376 e. The van der Waals surface area contributed by atoms with E-state index in [9.17, 15) is 9.46 Å². The van der Waals surface area contributed by atoms with Crippen LogP contribution in [0.4, 0.5) is 0 Å². The number of ether oxygens (including phenoxy) is 1. The Morgan fingerprint density at radius 2 is 1.75 bits per heavy atom. The fraction of sp³-hybridized carbons (Fsp3) is 1.00. The van der Waals surface area contributed by atoms with E-state index in [-0.39, 0.29) is 25.4 Å². The second kappa shape index (κ2) is 7.37. The van der Waals surface area contributed by atoms with Gasteiger partial charge in [0.05, 0.1) is 18.8 Å². The first-order valence-corrected chi connectivity index (χ1v) is 6.77. The van der Waals surface area contributed by atoms with Gasteiger partial charge in [-0.1, -0.05) is 0 Å². The quantitative estimate of drug-likeness (QED) is 0.635. The number of rotatable bonds is 8. The van der Waals surface area contributed by atoms with Gasteiger partial charge < -0.3 is 15.4 Å². The highest BCUT2D eigenvalue weighted by atomic mass is 31.2. The molecule has 0 radical (unpaired) electrons. The van der Waals surface area contributed by atoms with Gasteiger partial charge in [0.1, 0.15) is 6.10 Å². The molecule has 3 N–H and O–H groups in total. The van der Waals surface area contributed by atoms with E-state index in [0.29, 0.717) is 0 Å². The average Bonchev–Trinajstić information content (AvgIpc) is 2.09. The summed E-state index contributed by atoms with van der Waals surface area (Å²) in [7, 11) is -4.04. The van der Waals surface area contributed by atoms with E-state index in [4.69, 9.17) is 19.5 Å². The fourth-order valence-electron chi connectivity index (χ4n) is 0.921. The lowest BCUT2D eigenvalue weighted by Gasteiger charge is -2.21. The third-order valence-corrected chi connectivity index (χ3v) is 2.76. The van der Waals surface area contributed by atoms with Crippen molar-refractivity contribution in [3.63, 3.8) is 0 Å². The van der Waals surface area contributed by atoms with Gasteiger partial charge in [0, 0.05) is 6.54 Å². The SMILES string of the molecule is CC(C)OCC(CN)OP(=O)(O)OC(C)C. The molecule has 6 nitrogen and oxygen atoms in total. The van der Waals surface area contributed by atoms with Gasteiger partial charge in [-0.15, -0.1) is 0 Å². The Hall–Kier alpha value is 0.0300. The summed E-state index contributed by atoms with van der Waals surface area (Å²) in [6.07, 6.45) is -1.01. The lowest BCUT2D eigenvalue weighted by molar-refractivity contribution is 0.000566. The lowest BCUT2D eigenvalue weighted by Crippen LogP contribution is -2.29. The van der Waals surface area contributed by atoms with E-state index < -0.39 is 13.9 Å². The molecular formula is C9H22NO5P. The van der Waals surface area contributed by atoms with Crippen LogP contribution in [0, 0.1) is 0 Å². The molecule has 0 aromatic heterocycles. The van der Waals surface area contributed by atoms with Crippen molar-refractivity contribution in [3.05, 3.63) is 0 Å².